The zero-order chi connectivity index (χ0) is 51.4. The van der Waals surface area contributed by atoms with Crippen molar-refractivity contribution in [3.63, 3.8) is 0 Å². The molecule has 4 N–H and O–H groups in total. The normalized spacial score (nSPS) is 29.8. The van der Waals surface area contributed by atoms with E-state index in [0.29, 0.717) is 29.2 Å². The summed E-state index contributed by atoms with van der Waals surface area (Å²) in [6, 6.07) is 14.8. The minimum atomic E-state index is -2.30. The minimum absolute atomic E-state index is 0.0915. The van der Waals surface area contributed by atoms with Crippen molar-refractivity contribution in [3.8, 4) is 0 Å². The Hall–Kier alpha value is -4.70. The first-order valence-electron chi connectivity index (χ1n) is 23.1. The number of Topliss-reactive ketones (excluding diaryl/α,β-unsaturated/α-hetero) is 1. The van der Waals surface area contributed by atoms with Gasteiger partial charge in [0.1, 0.15) is 48.3 Å². The van der Waals surface area contributed by atoms with E-state index < -0.39 is 119 Å². The molecule has 11 atom stereocenters. The summed E-state index contributed by atoms with van der Waals surface area (Å²) < 4.78 is 54.3. The number of nitrogens with two attached hydrogens (primary N) is 1. The average molecular weight is 1020 g/mol. The van der Waals surface area contributed by atoms with Gasteiger partial charge in [-0.3, -0.25) is 9.59 Å². The van der Waals surface area contributed by atoms with Gasteiger partial charge in [0.15, 0.2) is 11.4 Å². The van der Waals surface area contributed by atoms with E-state index in [1.165, 1.54) is 54.9 Å². The molecule has 2 aromatic carbocycles. The van der Waals surface area contributed by atoms with Gasteiger partial charge in [0.2, 0.25) is 6.10 Å². The lowest BCUT2D eigenvalue weighted by atomic mass is 9.44. The molecule has 3 aliphatic carbocycles. The molecule has 0 spiro atoms. The molecule has 1 heterocycles. The second-order valence-electron chi connectivity index (χ2n) is 19.6. The Morgan fingerprint density at radius 1 is 0.943 bits per heavy atom. The van der Waals surface area contributed by atoms with Crippen molar-refractivity contribution in [2.45, 2.75) is 128 Å². The molecule has 1 aliphatic heterocycles. The number of ketones is 1. The summed E-state index contributed by atoms with van der Waals surface area (Å²) in [5, 5.41) is 16.6. The number of methoxy groups -OCH3 is 2. The molecule has 2 saturated carbocycles. The van der Waals surface area contributed by atoms with E-state index in [2.05, 4.69) is 5.32 Å². The molecule has 1 amide bonds. The third kappa shape index (κ3) is 10.7. The molecule has 6 rings (SSSR count). The van der Waals surface area contributed by atoms with Crippen LogP contribution in [0.25, 0.3) is 0 Å². The van der Waals surface area contributed by atoms with E-state index in [1.54, 1.807) is 97.0 Å². The van der Waals surface area contributed by atoms with Gasteiger partial charge in [0, 0.05) is 57.5 Å². The number of alkyl carbamates (subject to hydrolysis) is 1. The van der Waals surface area contributed by atoms with E-state index in [0.717, 1.165) is 0 Å². The number of carbonyl (C=O) groups excluding carboxylic acids is 6. The monoisotopic (exact) mass is 1010 g/mol. The molecule has 20 heteroatoms. The van der Waals surface area contributed by atoms with Gasteiger partial charge in [-0.2, -0.15) is 0 Å². The van der Waals surface area contributed by atoms with Crippen molar-refractivity contribution in [1.29, 1.82) is 0 Å². The van der Waals surface area contributed by atoms with Crippen LogP contribution in [0, 0.1) is 16.7 Å². The van der Waals surface area contributed by atoms with E-state index >= 15 is 9.59 Å². The number of benzene rings is 2. The molecule has 3 fully saturated rings. The number of esters is 3. The summed E-state index contributed by atoms with van der Waals surface area (Å²) in [7, 11) is 5.67. The van der Waals surface area contributed by atoms with E-state index in [9.17, 15) is 24.3 Å². The van der Waals surface area contributed by atoms with Gasteiger partial charge < -0.3 is 58.8 Å². The number of rotatable bonds is 17. The molecule has 1 saturated heterocycles. The molecule has 70 heavy (non-hydrogen) atoms. The van der Waals surface area contributed by atoms with E-state index in [-0.39, 0.29) is 30.8 Å². The summed E-state index contributed by atoms with van der Waals surface area (Å²) >= 11 is 0. The first-order chi connectivity index (χ1) is 33.0. The first kappa shape index (κ1) is 54.6. The van der Waals surface area contributed by atoms with Gasteiger partial charge in [-0.05, 0) is 63.5 Å². The minimum Gasteiger partial charge on any atom is -0.455 e. The second-order valence-corrected chi connectivity index (χ2v) is 22.3. The molecule has 0 radical (unpaired) electrons. The number of fused-ring (bicyclic) bond motifs is 5. The van der Waals surface area contributed by atoms with Gasteiger partial charge >= 0.3 is 30.2 Å². The Morgan fingerprint density at radius 3 is 2.16 bits per heavy atom. The molecular weight excluding hydrogens is 949 g/mol. The van der Waals surface area contributed by atoms with Crippen LogP contribution in [0.1, 0.15) is 90.2 Å². The molecule has 4 aliphatic rings. The van der Waals surface area contributed by atoms with E-state index in [1.807, 2.05) is 0 Å². The van der Waals surface area contributed by atoms with Crippen LogP contribution in [0.4, 0.5) is 9.59 Å². The molecule has 2 aromatic rings. The lowest BCUT2D eigenvalue weighted by molar-refractivity contribution is -0.347. The average Bonchev–Trinajstić information content (AvgIpc) is 3.30. The van der Waals surface area contributed by atoms with Gasteiger partial charge in [-0.25, -0.2) is 19.2 Å². The van der Waals surface area contributed by atoms with Crippen molar-refractivity contribution in [3.05, 3.63) is 82.9 Å². The fourth-order valence-electron chi connectivity index (χ4n) is 10.6. The third-order valence-corrected chi connectivity index (χ3v) is 16.3. The number of nitrogens with one attached hydrogen (secondary N) is 1. The number of aliphatic hydroxyl groups is 1. The number of hydrogen-bond donors (Lipinski definition) is 3. The lowest BCUT2D eigenvalue weighted by Gasteiger charge is -2.67. The Bertz CT molecular complexity index is 2280. The molecule has 0 aromatic heterocycles. The highest BCUT2D eigenvalue weighted by Crippen LogP contribution is 2.65. The molecule has 384 valence electrons. The van der Waals surface area contributed by atoms with Gasteiger partial charge in [0.25, 0.3) is 0 Å². The van der Waals surface area contributed by atoms with Crippen LogP contribution in [-0.2, 0) is 57.0 Å². The number of amides is 1. The van der Waals surface area contributed by atoms with Crippen molar-refractivity contribution in [2.75, 3.05) is 45.5 Å². The summed E-state index contributed by atoms with van der Waals surface area (Å²) in [5.74, 6) is -3.65. The molecule has 2 bridgehead atoms. The zero-order valence-electron chi connectivity index (χ0n) is 41.3. The Kier molecular flexibility index (Phi) is 17.1. The summed E-state index contributed by atoms with van der Waals surface area (Å²) in [5.41, 5.74) is -1.63. The number of ether oxygens (including phenoxy) is 9. The summed E-state index contributed by atoms with van der Waals surface area (Å²) in [6.07, 6.45) is -11.0. The highest BCUT2D eigenvalue weighted by atomic mass is 33.1. The van der Waals surface area contributed by atoms with Crippen LogP contribution in [0.3, 0.4) is 0 Å². The quantitative estimate of drug-likeness (QED) is 0.0535. The predicted molar refractivity (Wildman–Crippen MR) is 257 cm³/mol. The topological polar surface area (TPSA) is 244 Å². The fourth-order valence-corrected chi connectivity index (χ4v) is 12.3. The molecular formula is C50H66N2O16S2. The predicted octanol–water partition coefficient (Wildman–Crippen LogP) is 6.07. The van der Waals surface area contributed by atoms with Crippen LogP contribution in [0.2, 0.25) is 0 Å². The maximum atomic E-state index is 15.8. The third-order valence-electron chi connectivity index (χ3n) is 13.9. The SMILES string of the molecule is CO[C@H]1C(=O)[C@]2(C)[C@@H](OC)C[C@H]3OC[C@@]3(OC(C)=O)[C@H]2[C@H](OC(=O)c2ccccc2)[C@]2(O)C[C@H](OC(=O)[C@H](OC(=O)OCCSSCCN)[C@@H](NC(=O)OC(C)(C)C)c3ccccc3)C(C)=C1C2(C)C. The zero-order valence-corrected chi connectivity index (χ0v) is 42.9. The number of carbonyl (C=O) groups is 6. The van der Waals surface area contributed by atoms with E-state index in [4.69, 9.17) is 48.4 Å². The fraction of sp³-hybridized carbons (Fsp3) is 0.600. The van der Waals surface area contributed by atoms with Gasteiger partial charge in [-0.1, -0.05) is 84.0 Å². The summed E-state index contributed by atoms with van der Waals surface area (Å²) in [6.45, 7) is 12.9. The largest absolute Gasteiger partial charge is 0.509 e. The molecule has 0 unspecified atom stereocenters. The maximum absolute atomic E-state index is 15.8. The molecule has 18 nitrogen and oxygen atoms in total. The van der Waals surface area contributed by atoms with Crippen molar-refractivity contribution in [2.24, 2.45) is 22.5 Å². The Labute approximate surface area is 416 Å². The van der Waals surface area contributed by atoms with Crippen molar-refractivity contribution in [1.82, 2.24) is 5.32 Å². The van der Waals surface area contributed by atoms with Crippen molar-refractivity contribution >= 4 is 57.5 Å². The van der Waals surface area contributed by atoms with Crippen LogP contribution in [-0.4, -0.2) is 140 Å². The highest BCUT2D eigenvalue weighted by molar-refractivity contribution is 8.76. The Balaban J connectivity index is 1.51. The Morgan fingerprint density at radius 2 is 1.59 bits per heavy atom. The number of hydrogen-bond acceptors (Lipinski definition) is 19. The summed E-state index contributed by atoms with van der Waals surface area (Å²) in [4.78, 5) is 85.7. The van der Waals surface area contributed by atoms with Crippen LogP contribution in [0.5, 0.6) is 0 Å². The van der Waals surface area contributed by atoms with Gasteiger partial charge in [0.05, 0.1) is 29.6 Å². The standard InChI is InChI=1S/C50H66N2O16S2/c1-28-32(64-43(56)38(65-45(58)62-22-24-70-69-23-21-51)36(30-17-13-11-14-18-30)52-44(57)68-46(3,4)5)26-50(59)41(66-42(55)31-19-15-12-16-20-31)39-48(8,40(54)37(61-10)35(28)47(50,6)7)33(60-9)25-34-49(39,27-63-34)67-29(2)53/h11-20,32-34,36-39,41,59H,21-27,51H2,1-10H3,(H,52,57)/t32-,33-,34+,36-,37+,38+,39-,41-,48+,49-,50+/m0/s1. The van der Waals surface area contributed by atoms with Crippen LogP contribution >= 0.6 is 21.6 Å². The van der Waals surface area contributed by atoms with Crippen molar-refractivity contribution < 1.29 is 76.5 Å². The first-order valence-corrected chi connectivity index (χ1v) is 25.6. The maximum Gasteiger partial charge on any atom is 0.509 e. The highest BCUT2D eigenvalue weighted by Gasteiger charge is 2.78. The van der Waals surface area contributed by atoms with Gasteiger partial charge in [-0.15, -0.1) is 0 Å². The lowest BCUT2D eigenvalue weighted by Crippen LogP contribution is -2.82. The second kappa shape index (κ2) is 22.0. The van der Waals surface area contributed by atoms with Crippen LogP contribution in [0.15, 0.2) is 71.8 Å². The van der Waals surface area contributed by atoms with Crippen LogP contribution < -0.4 is 11.1 Å². The smallest absolute Gasteiger partial charge is 0.455 e.